The molecule has 1 aromatic heterocycles. The molecule has 118 valence electrons. The van der Waals surface area contributed by atoms with Gasteiger partial charge in [0.1, 0.15) is 9.84 Å². The summed E-state index contributed by atoms with van der Waals surface area (Å²) in [6.07, 6.45) is 3.39. The first-order valence-corrected chi connectivity index (χ1v) is 10.1. The van der Waals surface area contributed by atoms with Gasteiger partial charge in [0.05, 0.1) is 11.5 Å². The molecule has 0 spiro atoms. The molecule has 1 saturated heterocycles. The zero-order valence-corrected chi connectivity index (χ0v) is 14.3. The number of hydrogen-bond donors (Lipinski definition) is 1. The van der Waals surface area contributed by atoms with Crippen molar-refractivity contribution in [2.45, 2.75) is 52.0 Å². The molecule has 1 aromatic rings. The van der Waals surface area contributed by atoms with Gasteiger partial charge in [-0.3, -0.25) is 4.79 Å². The highest BCUT2D eigenvalue weighted by molar-refractivity contribution is 7.91. The molecule has 0 unspecified atom stereocenters. The first kappa shape index (κ1) is 16.5. The summed E-state index contributed by atoms with van der Waals surface area (Å²) in [7, 11) is -2.86. The molecule has 1 aliphatic rings. The van der Waals surface area contributed by atoms with E-state index in [2.05, 4.69) is 25.2 Å². The van der Waals surface area contributed by atoms with Crippen LogP contribution in [0.3, 0.4) is 0 Å². The second kappa shape index (κ2) is 6.92. The van der Waals surface area contributed by atoms with E-state index >= 15 is 0 Å². The van der Waals surface area contributed by atoms with E-state index in [1.807, 2.05) is 0 Å². The van der Waals surface area contributed by atoms with E-state index in [1.165, 1.54) is 15.3 Å². The van der Waals surface area contributed by atoms with Gasteiger partial charge in [0.2, 0.25) is 5.91 Å². The van der Waals surface area contributed by atoms with Crippen LogP contribution in [-0.2, 0) is 21.1 Å². The van der Waals surface area contributed by atoms with Gasteiger partial charge in [-0.05, 0) is 51.2 Å². The van der Waals surface area contributed by atoms with E-state index < -0.39 is 9.84 Å². The van der Waals surface area contributed by atoms with Gasteiger partial charge in [-0.1, -0.05) is 0 Å². The van der Waals surface area contributed by atoms with Crippen LogP contribution in [0.15, 0.2) is 6.07 Å². The minimum atomic E-state index is -2.86. The van der Waals surface area contributed by atoms with E-state index in [4.69, 9.17) is 0 Å². The topological polar surface area (TPSA) is 63.2 Å². The van der Waals surface area contributed by atoms with Crippen LogP contribution in [0, 0.1) is 13.8 Å². The third kappa shape index (κ3) is 5.11. The lowest BCUT2D eigenvalue weighted by atomic mass is 10.1. The highest BCUT2D eigenvalue weighted by Crippen LogP contribution is 2.22. The van der Waals surface area contributed by atoms with Crippen molar-refractivity contribution in [1.82, 2.24) is 5.32 Å². The van der Waals surface area contributed by atoms with Crippen molar-refractivity contribution in [3.05, 3.63) is 21.4 Å². The molecule has 2 heterocycles. The van der Waals surface area contributed by atoms with E-state index in [1.54, 1.807) is 11.3 Å². The predicted octanol–water partition coefficient (Wildman–Crippen LogP) is 2.38. The number of aryl methyl sites for hydroxylation is 3. The molecule has 1 N–H and O–H groups in total. The SMILES string of the molecule is Cc1cc(CCCC(=O)NC2CCS(=O)(=O)CC2)c(C)s1. The van der Waals surface area contributed by atoms with Crippen LogP contribution in [0.4, 0.5) is 0 Å². The number of nitrogens with one attached hydrogen (secondary N) is 1. The van der Waals surface area contributed by atoms with Crippen molar-refractivity contribution >= 4 is 27.1 Å². The molecule has 0 bridgehead atoms. The average molecular weight is 329 g/mol. The summed E-state index contributed by atoms with van der Waals surface area (Å²) in [5.74, 6) is 0.445. The second-order valence-electron chi connectivity index (χ2n) is 5.79. The Labute approximate surface area is 130 Å². The molecule has 21 heavy (non-hydrogen) atoms. The molecule has 6 heteroatoms. The average Bonchev–Trinajstić information content (AvgIpc) is 2.71. The Morgan fingerprint density at radius 2 is 2.00 bits per heavy atom. The number of amides is 1. The van der Waals surface area contributed by atoms with Crippen LogP contribution in [0.25, 0.3) is 0 Å². The quantitative estimate of drug-likeness (QED) is 0.902. The minimum absolute atomic E-state index is 0.0335. The highest BCUT2D eigenvalue weighted by Gasteiger charge is 2.24. The molecule has 1 fully saturated rings. The number of rotatable bonds is 5. The Morgan fingerprint density at radius 3 is 2.57 bits per heavy atom. The molecule has 1 amide bonds. The summed E-state index contributed by atoms with van der Waals surface area (Å²) >= 11 is 1.80. The van der Waals surface area contributed by atoms with Crippen LogP contribution in [0.2, 0.25) is 0 Å². The summed E-state index contributed by atoms with van der Waals surface area (Å²) in [6.45, 7) is 4.22. The minimum Gasteiger partial charge on any atom is -0.353 e. The summed E-state index contributed by atoms with van der Waals surface area (Å²) in [6, 6.07) is 2.23. The summed E-state index contributed by atoms with van der Waals surface area (Å²) < 4.78 is 22.7. The van der Waals surface area contributed by atoms with Crippen molar-refractivity contribution in [2.75, 3.05) is 11.5 Å². The Kier molecular flexibility index (Phi) is 5.43. The van der Waals surface area contributed by atoms with Gasteiger partial charge in [-0.2, -0.15) is 0 Å². The van der Waals surface area contributed by atoms with Crippen LogP contribution >= 0.6 is 11.3 Å². The van der Waals surface area contributed by atoms with Gasteiger partial charge in [-0.15, -0.1) is 11.3 Å². The summed E-state index contributed by atoms with van der Waals surface area (Å²) in [5, 5.41) is 2.96. The Balaban J connectivity index is 1.69. The third-order valence-electron chi connectivity index (χ3n) is 3.91. The second-order valence-corrected chi connectivity index (χ2v) is 9.55. The Hall–Kier alpha value is -0.880. The number of carbonyl (C=O) groups is 1. The van der Waals surface area contributed by atoms with Gasteiger partial charge < -0.3 is 5.32 Å². The lowest BCUT2D eigenvalue weighted by molar-refractivity contribution is -0.121. The highest BCUT2D eigenvalue weighted by atomic mass is 32.2. The van der Waals surface area contributed by atoms with Crippen LogP contribution in [-0.4, -0.2) is 31.9 Å². The van der Waals surface area contributed by atoms with Crippen LogP contribution in [0.5, 0.6) is 0 Å². The van der Waals surface area contributed by atoms with Gasteiger partial charge in [0.15, 0.2) is 0 Å². The fraction of sp³-hybridized carbons (Fsp3) is 0.667. The number of sulfone groups is 1. The lowest BCUT2D eigenvalue weighted by Gasteiger charge is -2.23. The van der Waals surface area contributed by atoms with Gasteiger partial charge in [0.25, 0.3) is 0 Å². The monoisotopic (exact) mass is 329 g/mol. The van der Waals surface area contributed by atoms with Crippen LogP contribution in [0.1, 0.15) is 41.0 Å². The Morgan fingerprint density at radius 1 is 1.33 bits per heavy atom. The standard InChI is InChI=1S/C15H23NO3S2/c1-11-10-13(12(2)20-11)4-3-5-15(17)16-14-6-8-21(18,19)9-7-14/h10,14H,3-9H2,1-2H3,(H,16,17). The number of thiophene rings is 1. The van der Waals surface area contributed by atoms with E-state index in [0.717, 1.165) is 12.8 Å². The fourth-order valence-electron chi connectivity index (χ4n) is 2.71. The summed E-state index contributed by atoms with van der Waals surface area (Å²) in [4.78, 5) is 14.5. The fourth-order valence-corrected chi connectivity index (χ4v) is 5.17. The van der Waals surface area contributed by atoms with E-state index in [0.29, 0.717) is 19.3 Å². The predicted molar refractivity (Wildman–Crippen MR) is 86.5 cm³/mol. The van der Waals surface area contributed by atoms with Crippen molar-refractivity contribution in [1.29, 1.82) is 0 Å². The normalized spacial score (nSPS) is 18.6. The molecule has 0 aliphatic carbocycles. The largest absolute Gasteiger partial charge is 0.353 e. The molecule has 0 radical (unpaired) electrons. The number of hydrogen-bond acceptors (Lipinski definition) is 4. The third-order valence-corrected chi connectivity index (χ3v) is 6.64. The van der Waals surface area contributed by atoms with Crippen molar-refractivity contribution in [3.8, 4) is 0 Å². The Bertz CT molecular complexity index is 590. The zero-order valence-electron chi connectivity index (χ0n) is 12.6. The van der Waals surface area contributed by atoms with Crippen molar-refractivity contribution in [3.63, 3.8) is 0 Å². The van der Waals surface area contributed by atoms with Crippen molar-refractivity contribution in [2.24, 2.45) is 0 Å². The molecule has 0 aromatic carbocycles. The first-order valence-electron chi connectivity index (χ1n) is 7.41. The van der Waals surface area contributed by atoms with E-state index in [-0.39, 0.29) is 23.5 Å². The van der Waals surface area contributed by atoms with Crippen LogP contribution < -0.4 is 5.32 Å². The van der Waals surface area contributed by atoms with E-state index in [9.17, 15) is 13.2 Å². The molecular weight excluding hydrogens is 306 g/mol. The number of carbonyl (C=O) groups excluding carboxylic acids is 1. The maximum Gasteiger partial charge on any atom is 0.220 e. The maximum atomic E-state index is 11.9. The zero-order chi connectivity index (χ0) is 15.5. The summed E-state index contributed by atoms with van der Waals surface area (Å²) in [5.41, 5.74) is 1.34. The lowest BCUT2D eigenvalue weighted by Crippen LogP contribution is -2.40. The van der Waals surface area contributed by atoms with Gasteiger partial charge >= 0.3 is 0 Å². The van der Waals surface area contributed by atoms with Crippen molar-refractivity contribution < 1.29 is 13.2 Å². The molecule has 1 aliphatic heterocycles. The molecule has 0 atom stereocenters. The molecule has 4 nitrogen and oxygen atoms in total. The molecule has 0 saturated carbocycles. The molecular formula is C15H23NO3S2. The smallest absolute Gasteiger partial charge is 0.220 e. The first-order chi connectivity index (χ1) is 9.85. The maximum absolute atomic E-state index is 11.9. The molecule has 2 rings (SSSR count). The van der Waals surface area contributed by atoms with Gasteiger partial charge in [0, 0.05) is 22.2 Å². The van der Waals surface area contributed by atoms with Gasteiger partial charge in [-0.25, -0.2) is 8.42 Å².